The molecule has 0 aromatic heterocycles. The molecule has 1 aromatic carbocycles. The molecule has 76 valence electrons. The molecular formula is C13H18O. The first-order chi connectivity index (χ1) is 6.41. The fourth-order valence-electron chi connectivity index (χ4n) is 2.24. The molecule has 0 aliphatic carbocycles. The van der Waals surface area contributed by atoms with E-state index in [0.717, 1.165) is 12.2 Å². The fourth-order valence-corrected chi connectivity index (χ4v) is 2.24. The summed E-state index contributed by atoms with van der Waals surface area (Å²) in [4.78, 5) is 0. The maximum Gasteiger partial charge on any atom is 0.126 e. The topological polar surface area (TPSA) is 9.23 Å². The van der Waals surface area contributed by atoms with Crippen molar-refractivity contribution in [1.29, 1.82) is 0 Å². The Morgan fingerprint density at radius 3 is 2.43 bits per heavy atom. The van der Waals surface area contributed by atoms with E-state index in [2.05, 4.69) is 40.7 Å². The van der Waals surface area contributed by atoms with Crippen LogP contribution in [0.4, 0.5) is 0 Å². The van der Waals surface area contributed by atoms with Crippen molar-refractivity contribution < 1.29 is 4.74 Å². The van der Waals surface area contributed by atoms with Gasteiger partial charge in [0.15, 0.2) is 0 Å². The Balaban J connectivity index is 2.61. The van der Waals surface area contributed by atoms with Crippen LogP contribution < -0.4 is 4.74 Å². The minimum atomic E-state index is -0.0222. The first-order valence-corrected chi connectivity index (χ1v) is 5.19. The molecule has 2 rings (SSSR count). The summed E-state index contributed by atoms with van der Waals surface area (Å²) in [6, 6.07) is 2.22. The lowest BCUT2D eigenvalue weighted by Crippen LogP contribution is -2.24. The van der Waals surface area contributed by atoms with Crippen LogP contribution in [-0.2, 0) is 6.42 Å². The Kier molecular flexibility index (Phi) is 1.88. The van der Waals surface area contributed by atoms with Crippen molar-refractivity contribution >= 4 is 0 Å². The van der Waals surface area contributed by atoms with Crippen LogP contribution in [0.5, 0.6) is 5.75 Å². The van der Waals surface area contributed by atoms with E-state index in [9.17, 15) is 0 Å². The van der Waals surface area contributed by atoms with E-state index in [1.54, 1.807) is 0 Å². The van der Waals surface area contributed by atoms with Gasteiger partial charge in [0.2, 0.25) is 0 Å². The van der Waals surface area contributed by atoms with Gasteiger partial charge in [-0.15, -0.1) is 0 Å². The van der Waals surface area contributed by atoms with Crippen LogP contribution in [0.1, 0.15) is 36.1 Å². The second-order valence-electron chi connectivity index (χ2n) is 4.98. The summed E-state index contributed by atoms with van der Waals surface area (Å²) in [5.74, 6) is 1.12. The minimum Gasteiger partial charge on any atom is -0.487 e. The van der Waals surface area contributed by atoms with E-state index in [1.807, 2.05) is 0 Å². The molecule has 0 fully saturated rings. The van der Waals surface area contributed by atoms with Gasteiger partial charge in [-0.2, -0.15) is 0 Å². The van der Waals surface area contributed by atoms with Crippen molar-refractivity contribution in [3.8, 4) is 5.75 Å². The Bertz CT molecular complexity index is 389. The lowest BCUT2D eigenvalue weighted by atomic mass is 9.94. The van der Waals surface area contributed by atoms with Crippen molar-refractivity contribution in [2.45, 2.75) is 46.6 Å². The van der Waals surface area contributed by atoms with Crippen LogP contribution in [0.3, 0.4) is 0 Å². The van der Waals surface area contributed by atoms with Gasteiger partial charge in [0, 0.05) is 12.0 Å². The first kappa shape index (κ1) is 9.57. The number of hydrogen-bond acceptors (Lipinski definition) is 1. The Labute approximate surface area is 86.1 Å². The normalized spacial score (nSPS) is 17.8. The lowest BCUT2D eigenvalue weighted by Gasteiger charge is -2.17. The maximum absolute atomic E-state index is 5.96. The van der Waals surface area contributed by atoms with E-state index >= 15 is 0 Å². The van der Waals surface area contributed by atoms with Crippen LogP contribution in [0.25, 0.3) is 0 Å². The monoisotopic (exact) mass is 190 g/mol. The zero-order chi connectivity index (χ0) is 10.5. The molecule has 1 heterocycles. The van der Waals surface area contributed by atoms with Crippen LogP contribution in [0.2, 0.25) is 0 Å². The van der Waals surface area contributed by atoms with Crippen molar-refractivity contribution in [2.24, 2.45) is 0 Å². The molecule has 1 aliphatic rings. The summed E-state index contributed by atoms with van der Waals surface area (Å²) in [5, 5.41) is 0. The number of aryl methyl sites for hydroxylation is 2. The molecule has 0 saturated carbocycles. The van der Waals surface area contributed by atoms with Crippen LogP contribution >= 0.6 is 0 Å². The summed E-state index contributed by atoms with van der Waals surface area (Å²) in [5.41, 5.74) is 5.44. The van der Waals surface area contributed by atoms with Crippen molar-refractivity contribution in [2.75, 3.05) is 0 Å². The third-order valence-electron chi connectivity index (χ3n) is 3.09. The number of hydrogen-bond donors (Lipinski definition) is 0. The average Bonchev–Trinajstić information content (AvgIpc) is 2.38. The second kappa shape index (κ2) is 2.75. The number of rotatable bonds is 0. The minimum absolute atomic E-state index is 0.0222. The molecule has 1 aromatic rings. The molecule has 14 heavy (non-hydrogen) atoms. The van der Waals surface area contributed by atoms with Crippen LogP contribution in [-0.4, -0.2) is 5.60 Å². The summed E-state index contributed by atoms with van der Waals surface area (Å²) in [6.45, 7) is 10.8. The summed E-state index contributed by atoms with van der Waals surface area (Å²) < 4.78 is 5.96. The van der Waals surface area contributed by atoms with Crippen molar-refractivity contribution in [3.05, 3.63) is 28.3 Å². The van der Waals surface area contributed by atoms with Gasteiger partial charge < -0.3 is 4.74 Å². The third-order valence-corrected chi connectivity index (χ3v) is 3.09. The van der Waals surface area contributed by atoms with Crippen molar-refractivity contribution in [1.82, 2.24) is 0 Å². The standard InChI is InChI=1S/C13H18O/c1-8-6-9(2)12-11(10(8)3)7-13(4,5)14-12/h6H,7H2,1-5H3. The molecule has 0 amide bonds. The van der Waals surface area contributed by atoms with Gasteiger partial charge in [-0.1, -0.05) is 6.07 Å². The van der Waals surface area contributed by atoms with Gasteiger partial charge in [0.1, 0.15) is 11.4 Å². The quantitative estimate of drug-likeness (QED) is 0.609. The zero-order valence-corrected chi connectivity index (χ0v) is 9.69. The van der Waals surface area contributed by atoms with Gasteiger partial charge in [-0.3, -0.25) is 0 Å². The second-order valence-corrected chi connectivity index (χ2v) is 4.98. The molecule has 0 saturated heterocycles. The summed E-state index contributed by atoms with van der Waals surface area (Å²) >= 11 is 0. The Morgan fingerprint density at radius 2 is 1.79 bits per heavy atom. The van der Waals surface area contributed by atoms with Crippen LogP contribution in [0, 0.1) is 20.8 Å². The predicted molar refractivity (Wildman–Crippen MR) is 59.1 cm³/mol. The highest BCUT2D eigenvalue weighted by Crippen LogP contribution is 2.40. The van der Waals surface area contributed by atoms with E-state index in [0.29, 0.717) is 0 Å². The maximum atomic E-state index is 5.96. The summed E-state index contributed by atoms with van der Waals surface area (Å²) in [6.07, 6.45) is 1.04. The van der Waals surface area contributed by atoms with Gasteiger partial charge in [0.25, 0.3) is 0 Å². The SMILES string of the molecule is Cc1cc(C)c2c(c1C)CC(C)(C)O2. The fraction of sp³-hybridized carbons (Fsp3) is 0.538. The predicted octanol–water partition coefficient (Wildman–Crippen LogP) is 3.33. The van der Waals surface area contributed by atoms with Gasteiger partial charge in [0.05, 0.1) is 0 Å². The van der Waals surface area contributed by atoms with Crippen LogP contribution in [0.15, 0.2) is 6.07 Å². The smallest absolute Gasteiger partial charge is 0.126 e. The molecule has 0 unspecified atom stereocenters. The molecule has 1 heteroatoms. The lowest BCUT2D eigenvalue weighted by molar-refractivity contribution is 0.137. The molecule has 0 N–H and O–H groups in total. The van der Waals surface area contributed by atoms with Crippen molar-refractivity contribution in [3.63, 3.8) is 0 Å². The van der Waals surface area contributed by atoms with E-state index in [4.69, 9.17) is 4.74 Å². The molecular weight excluding hydrogens is 172 g/mol. The van der Waals surface area contributed by atoms with Gasteiger partial charge >= 0.3 is 0 Å². The molecule has 1 nitrogen and oxygen atoms in total. The average molecular weight is 190 g/mol. The highest BCUT2D eigenvalue weighted by atomic mass is 16.5. The summed E-state index contributed by atoms with van der Waals surface area (Å²) in [7, 11) is 0. The zero-order valence-electron chi connectivity index (χ0n) is 9.69. The number of ether oxygens (including phenoxy) is 1. The number of benzene rings is 1. The molecule has 0 atom stereocenters. The largest absolute Gasteiger partial charge is 0.487 e. The highest BCUT2D eigenvalue weighted by Gasteiger charge is 2.32. The van der Waals surface area contributed by atoms with Gasteiger partial charge in [-0.05, 0) is 51.3 Å². The Hall–Kier alpha value is -0.980. The molecule has 0 bridgehead atoms. The van der Waals surface area contributed by atoms with E-state index < -0.39 is 0 Å². The van der Waals surface area contributed by atoms with Gasteiger partial charge in [-0.25, -0.2) is 0 Å². The highest BCUT2D eigenvalue weighted by molar-refractivity contribution is 5.52. The third kappa shape index (κ3) is 1.31. The Morgan fingerprint density at radius 1 is 1.14 bits per heavy atom. The van der Waals surface area contributed by atoms with E-state index in [1.165, 1.54) is 22.3 Å². The first-order valence-electron chi connectivity index (χ1n) is 5.19. The van der Waals surface area contributed by atoms with E-state index in [-0.39, 0.29) is 5.60 Å². The molecule has 0 radical (unpaired) electrons. The number of fused-ring (bicyclic) bond motifs is 1. The molecule has 0 spiro atoms. The molecule has 1 aliphatic heterocycles.